The summed E-state index contributed by atoms with van der Waals surface area (Å²) in [6, 6.07) is 20.8. The first-order valence-electron chi connectivity index (χ1n) is 6.09. The van der Waals surface area contributed by atoms with E-state index in [1.165, 1.54) is 6.26 Å². The van der Waals surface area contributed by atoms with Crippen molar-refractivity contribution in [3.8, 4) is 11.1 Å². The molecule has 2 nitrogen and oxygen atoms in total. The lowest BCUT2D eigenvalue weighted by molar-refractivity contribution is 0.101. The number of ketones is 1. The van der Waals surface area contributed by atoms with Gasteiger partial charge < -0.3 is 4.42 Å². The molecule has 0 unspecified atom stereocenters. The molecule has 0 amide bonds. The summed E-state index contributed by atoms with van der Waals surface area (Å²) in [5, 5.41) is 0. The zero-order chi connectivity index (χ0) is 13.1. The van der Waals surface area contributed by atoms with E-state index in [0.717, 1.165) is 11.1 Å². The highest BCUT2D eigenvalue weighted by molar-refractivity contribution is 6.11. The molecule has 3 rings (SSSR count). The van der Waals surface area contributed by atoms with Crippen LogP contribution in [0.25, 0.3) is 11.1 Å². The van der Waals surface area contributed by atoms with Gasteiger partial charge in [0, 0.05) is 5.56 Å². The third kappa shape index (κ3) is 2.20. The van der Waals surface area contributed by atoms with Crippen molar-refractivity contribution in [1.82, 2.24) is 0 Å². The van der Waals surface area contributed by atoms with Crippen molar-refractivity contribution in [3.05, 3.63) is 84.3 Å². The largest absolute Gasteiger partial charge is 0.461 e. The number of benzene rings is 2. The topological polar surface area (TPSA) is 30.2 Å². The van der Waals surface area contributed by atoms with Crippen LogP contribution in [0.4, 0.5) is 0 Å². The van der Waals surface area contributed by atoms with Crippen molar-refractivity contribution in [2.24, 2.45) is 0 Å². The van der Waals surface area contributed by atoms with E-state index in [2.05, 4.69) is 0 Å². The Balaban J connectivity index is 2.11. The highest BCUT2D eigenvalue weighted by Crippen LogP contribution is 2.25. The number of carbonyl (C=O) groups is 1. The third-order valence-corrected chi connectivity index (χ3v) is 3.00. The van der Waals surface area contributed by atoms with E-state index in [9.17, 15) is 4.79 Å². The van der Waals surface area contributed by atoms with E-state index < -0.39 is 0 Å². The highest BCUT2D eigenvalue weighted by atomic mass is 16.3. The molecule has 2 aromatic carbocycles. The predicted octanol–water partition coefficient (Wildman–Crippen LogP) is 4.18. The van der Waals surface area contributed by atoms with Crippen LogP contribution in [0.5, 0.6) is 0 Å². The Morgan fingerprint density at radius 3 is 2.26 bits per heavy atom. The molecule has 0 aliphatic heterocycles. The minimum atomic E-state index is -0.0931. The molecule has 19 heavy (non-hydrogen) atoms. The summed E-state index contributed by atoms with van der Waals surface area (Å²) in [6.07, 6.45) is 1.51. The molecule has 0 saturated carbocycles. The first-order chi connectivity index (χ1) is 9.36. The quantitative estimate of drug-likeness (QED) is 0.651. The van der Waals surface area contributed by atoms with Crippen molar-refractivity contribution in [2.45, 2.75) is 0 Å². The van der Waals surface area contributed by atoms with E-state index in [0.29, 0.717) is 11.3 Å². The van der Waals surface area contributed by atoms with Gasteiger partial charge in [-0.05, 0) is 23.3 Å². The summed E-state index contributed by atoms with van der Waals surface area (Å²) in [6.45, 7) is 0. The molecule has 0 radical (unpaired) electrons. The maximum Gasteiger partial charge on any atom is 0.228 e. The number of carbonyl (C=O) groups excluding carboxylic acids is 1. The van der Waals surface area contributed by atoms with Crippen LogP contribution in [0.1, 0.15) is 16.1 Å². The van der Waals surface area contributed by atoms with Crippen molar-refractivity contribution in [2.75, 3.05) is 0 Å². The van der Waals surface area contributed by atoms with Gasteiger partial charge in [-0.25, -0.2) is 0 Å². The second-order valence-corrected chi connectivity index (χ2v) is 4.22. The van der Waals surface area contributed by atoms with Gasteiger partial charge in [0.05, 0.1) is 6.26 Å². The normalized spacial score (nSPS) is 10.3. The maximum atomic E-state index is 12.4. The zero-order valence-corrected chi connectivity index (χ0v) is 10.2. The van der Waals surface area contributed by atoms with E-state index in [1.807, 2.05) is 54.6 Å². The standard InChI is InChI=1S/C17H12O2/c18-17(16-11-6-12-19-16)15-10-5-4-9-14(15)13-7-2-1-3-8-13/h1-12H. The average molecular weight is 248 g/mol. The maximum absolute atomic E-state index is 12.4. The van der Waals surface area contributed by atoms with Crippen LogP contribution in [0.2, 0.25) is 0 Å². The fourth-order valence-electron chi connectivity index (χ4n) is 2.09. The predicted molar refractivity (Wildman–Crippen MR) is 74.0 cm³/mol. The Kier molecular flexibility index (Phi) is 2.99. The fourth-order valence-corrected chi connectivity index (χ4v) is 2.09. The minimum Gasteiger partial charge on any atom is -0.461 e. The number of hydrogen-bond acceptors (Lipinski definition) is 2. The zero-order valence-electron chi connectivity index (χ0n) is 10.2. The van der Waals surface area contributed by atoms with E-state index in [1.54, 1.807) is 12.1 Å². The van der Waals surface area contributed by atoms with E-state index >= 15 is 0 Å². The Morgan fingerprint density at radius 2 is 1.53 bits per heavy atom. The summed E-state index contributed by atoms with van der Waals surface area (Å²) in [7, 11) is 0. The second kappa shape index (κ2) is 4.94. The van der Waals surface area contributed by atoms with Gasteiger partial charge in [-0.2, -0.15) is 0 Å². The van der Waals surface area contributed by atoms with Crippen LogP contribution >= 0.6 is 0 Å². The summed E-state index contributed by atoms with van der Waals surface area (Å²) >= 11 is 0. The number of rotatable bonds is 3. The van der Waals surface area contributed by atoms with Crippen molar-refractivity contribution < 1.29 is 9.21 Å². The molecule has 3 aromatic rings. The van der Waals surface area contributed by atoms with Gasteiger partial charge in [0.15, 0.2) is 5.76 Å². The summed E-state index contributed by atoms with van der Waals surface area (Å²) in [4.78, 5) is 12.4. The third-order valence-electron chi connectivity index (χ3n) is 3.00. The van der Waals surface area contributed by atoms with Crippen molar-refractivity contribution in [1.29, 1.82) is 0 Å². The first-order valence-corrected chi connectivity index (χ1v) is 6.09. The molecule has 1 heterocycles. The van der Waals surface area contributed by atoms with Crippen LogP contribution in [0.3, 0.4) is 0 Å². The molecule has 0 N–H and O–H groups in total. The van der Waals surface area contributed by atoms with E-state index in [-0.39, 0.29) is 5.78 Å². The van der Waals surface area contributed by atoms with Gasteiger partial charge >= 0.3 is 0 Å². The molecule has 0 saturated heterocycles. The van der Waals surface area contributed by atoms with Gasteiger partial charge in [-0.1, -0.05) is 54.6 Å². The molecule has 0 spiro atoms. The molecule has 0 bridgehead atoms. The van der Waals surface area contributed by atoms with Crippen LogP contribution in [0, 0.1) is 0 Å². The Bertz CT molecular complexity index is 682. The van der Waals surface area contributed by atoms with Gasteiger partial charge in [0.1, 0.15) is 0 Å². The minimum absolute atomic E-state index is 0.0931. The van der Waals surface area contributed by atoms with Crippen molar-refractivity contribution in [3.63, 3.8) is 0 Å². The van der Waals surface area contributed by atoms with Gasteiger partial charge in [0.2, 0.25) is 5.78 Å². The van der Waals surface area contributed by atoms with E-state index in [4.69, 9.17) is 4.42 Å². The average Bonchev–Trinajstić information content (AvgIpc) is 3.02. The molecule has 1 aromatic heterocycles. The Hall–Kier alpha value is -2.61. The Labute approximate surface area is 111 Å². The van der Waals surface area contributed by atoms with Crippen LogP contribution in [-0.2, 0) is 0 Å². The molecule has 92 valence electrons. The second-order valence-electron chi connectivity index (χ2n) is 4.22. The number of furan rings is 1. The van der Waals surface area contributed by atoms with Crippen LogP contribution in [0.15, 0.2) is 77.4 Å². The molecular formula is C17H12O2. The van der Waals surface area contributed by atoms with Gasteiger partial charge in [-0.15, -0.1) is 0 Å². The molecular weight excluding hydrogens is 236 g/mol. The van der Waals surface area contributed by atoms with Gasteiger partial charge in [-0.3, -0.25) is 4.79 Å². The SMILES string of the molecule is O=C(c1ccco1)c1ccccc1-c1ccccc1. The molecule has 0 aliphatic carbocycles. The molecule has 2 heteroatoms. The summed E-state index contributed by atoms with van der Waals surface area (Å²) in [5.74, 6) is 0.271. The Morgan fingerprint density at radius 1 is 0.789 bits per heavy atom. The fraction of sp³-hybridized carbons (Fsp3) is 0. The highest BCUT2D eigenvalue weighted by Gasteiger charge is 2.16. The lowest BCUT2D eigenvalue weighted by Crippen LogP contribution is -2.01. The summed E-state index contributed by atoms with van der Waals surface area (Å²) in [5.41, 5.74) is 2.60. The molecule has 0 fully saturated rings. The molecule has 0 aliphatic rings. The lowest BCUT2D eigenvalue weighted by Gasteiger charge is -2.07. The first kappa shape index (κ1) is 11.5. The monoisotopic (exact) mass is 248 g/mol. The van der Waals surface area contributed by atoms with Crippen LogP contribution < -0.4 is 0 Å². The molecule has 0 atom stereocenters. The van der Waals surface area contributed by atoms with Gasteiger partial charge in [0.25, 0.3) is 0 Å². The van der Waals surface area contributed by atoms with Crippen molar-refractivity contribution >= 4 is 5.78 Å². The summed E-state index contributed by atoms with van der Waals surface area (Å²) < 4.78 is 5.19. The number of hydrogen-bond donors (Lipinski definition) is 0. The lowest BCUT2D eigenvalue weighted by atomic mass is 9.96. The smallest absolute Gasteiger partial charge is 0.228 e. The van der Waals surface area contributed by atoms with Crippen LogP contribution in [-0.4, -0.2) is 5.78 Å².